The highest BCUT2D eigenvalue weighted by Gasteiger charge is 2.27. The normalized spacial score (nSPS) is 11.2. The van der Waals surface area contributed by atoms with Gasteiger partial charge in [0.25, 0.3) is 0 Å². The number of pyridine rings is 3. The van der Waals surface area contributed by atoms with Gasteiger partial charge in [-0.3, -0.25) is 9.46 Å². The molecule has 0 aliphatic heterocycles. The molecule has 5 nitrogen and oxygen atoms in total. The Balaban J connectivity index is 1.38. The standard InChI is InChI=1S/C44H34B2N5S/c1-48(2)43-39-13-7-35(33-17-23-49(46)24-18-33)27-41(39)42-28-36(34-19-25-50(52)26-20-34)8-14-40(42)44(43)51(38-11-9-37(45)10-12-38)29-30-3-5-31(6-4-30)32-15-21-47-22-16-32/h3-28,52H,1,29H2,2H3/q+3. The predicted octanol–water partition coefficient (Wildman–Crippen LogP) is 7.70. The third kappa shape index (κ3) is 6.49. The maximum atomic E-state index is 6.23. The van der Waals surface area contributed by atoms with Gasteiger partial charge in [-0.1, -0.05) is 60.1 Å². The highest BCUT2D eigenvalue weighted by molar-refractivity contribution is 7.73. The molecular weight excluding hydrogens is 652 g/mol. The lowest BCUT2D eigenvalue weighted by atomic mass is 9.91. The second-order valence-corrected chi connectivity index (χ2v) is 13.5. The molecule has 0 saturated heterocycles. The largest absolute Gasteiger partial charge is 0.586 e. The molecule has 244 valence electrons. The molecule has 0 aliphatic carbocycles. The summed E-state index contributed by atoms with van der Waals surface area (Å²) < 4.78 is 5.30. The average Bonchev–Trinajstić information content (AvgIpc) is 3.17. The average molecular weight is 686 g/mol. The van der Waals surface area contributed by atoms with Crippen LogP contribution in [0.15, 0.2) is 159 Å². The van der Waals surface area contributed by atoms with Gasteiger partial charge < -0.3 is 4.90 Å². The Morgan fingerprint density at radius 2 is 1.15 bits per heavy atom. The van der Waals surface area contributed by atoms with Crippen LogP contribution < -0.4 is 18.8 Å². The first-order valence-electron chi connectivity index (χ1n) is 17.0. The van der Waals surface area contributed by atoms with Crippen molar-refractivity contribution < 1.29 is 13.0 Å². The van der Waals surface area contributed by atoms with Crippen LogP contribution in [0, 0.1) is 0 Å². The van der Waals surface area contributed by atoms with E-state index in [0.29, 0.717) is 12.0 Å². The van der Waals surface area contributed by atoms with Gasteiger partial charge in [-0.25, -0.2) is 4.58 Å². The molecule has 0 fully saturated rings. The molecule has 5 aromatic carbocycles. The van der Waals surface area contributed by atoms with Crippen LogP contribution in [-0.2, 0) is 6.54 Å². The molecule has 0 bridgehead atoms. The maximum Gasteiger partial charge on any atom is 0.586 e. The fourth-order valence-electron chi connectivity index (χ4n) is 6.95. The van der Waals surface area contributed by atoms with Gasteiger partial charge in [0.15, 0.2) is 12.4 Å². The number of benzene rings is 5. The van der Waals surface area contributed by atoms with Gasteiger partial charge >= 0.3 is 7.98 Å². The van der Waals surface area contributed by atoms with Crippen molar-refractivity contribution in [1.29, 1.82) is 0 Å². The molecule has 3 heterocycles. The van der Waals surface area contributed by atoms with E-state index in [-0.39, 0.29) is 0 Å². The molecule has 0 saturated carbocycles. The van der Waals surface area contributed by atoms with E-state index >= 15 is 0 Å². The van der Waals surface area contributed by atoms with E-state index in [1.807, 2.05) is 85.2 Å². The van der Waals surface area contributed by atoms with Crippen LogP contribution in [0.1, 0.15) is 5.56 Å². The summed E-state index contributed by atoms with van der Waals surface area (Å²) >= 11 is 4.46. The number of hydrogen-bond acceptors (Lipinski definition) is 3. The monoisotopic (exact) mass is 686 g/mol. The van der Waals surface area contributed by atoms with E-state index in [9.17, 15) is 0 Å². The van der Waals surface area contributed by atoms with Crippen LogP contribution in [0.3, 0.4) is 0 Å². The van der Waals surface area contributed by atoms with Crippen molar-refractivity contribution in [3.63, 3.8) is 0 Å². The van der Waals surface area contributed by atoms with Gasteiger partial charge in [0.1, 0.15) is 52.5 Å². The SMILES string of the molecule is [B]c1ccc(N(Cc2ccc(-c3ccncc3)cc2)c2c([N+](=C)C)c3ccc(-c4cc[n+]([B])cc4)cc3c3cc(-c4cc[n+](S)cc4)ccc23)cc1. The van der Waals surface area contributed by atoms with Crippen molar-refractivity contribution in [3.05, 3.63) is 164 Å². The van der Waals surface area contributed by atoms with Gasteiger partial charge in [-0.2, -0.15) is 0 Å². The number of nitrogens with zero attached hydrogens (tertiary/aromatic N) is 5. The molecule has 0 atom stereocenters. The minimum absolute atomic E-state index is 0.617. The summed E-state index contributed by atoms with van der Waals surface area (Å²) in [6.07, 6.45) is 11.3. The van der Waals surface area contributed by atoms with Crippen molar-refractivity contribution in [3.8, 4) is 33.4 Å². The lowest BCUT2D eigenvalue weighted by Gasteiger charge is -2.28. The summed E-state index contributed by atoms with van der Waals surface area (Å²) in [5.41, 5.74) is 11.7. The van der Waals surface area contributed by atoms with Gasteiger partial charge in [-0.15, -0.1) is 3.97 Å². The van der Waals surface area contributed by atoms with E-state index in [0.717, 1.165) is 77.6 Å². The summed E-state index contributed by atoms with van der Waals surface area (Å²) in [5.74, 6) is 0. The summed E-state index contributed by atoms with van der Waals surface area (Å²) in [4.78, 5) is 6.57. The van der Waals surface area contributed by atoms with E-state index in [4.69, 9.17) is 15.8 Å². The first-order chi connectivity index (χ1) is 25.3. The van der Waals surface area contributed by atoms with Gasteiger partial charge in [0.05, 0.1) is 5.39 Å². The Hall–Kier alpha value is -5.98. The molecule has 8 heteroatoms. The Morgan fingerprint density at radius 1 is 0.635 bits per heavy atom. The third-order valence-electron chi connectivity index (χ3n) is 9.56. The molecule has 0 aliphatic rings. The summed E-state index contributed by atoms with van der Waals surface area (Å²) in [5, 5.41) is 4.47. The summed E-state index contributed by atoms with van der Waals surface area (Å²) in [7, 11) is 14.2. The highest BCUT2D eigenvalue weighted by Crippen LogP contribution is 2.48. The summed E-state index contributed by atoms with van der Waals surface area (Å²) in [6, 6.07) is 42.6. The number of thiol groups is 1. The molecule has 52 heavy (non-hydrogen) atoms. The number of hydrogen-bond donors (Lipinski definition) is 1. The van der Waals surface area contributed by atoms with Crippen LogP contribution in [0.2, 0.25) is 0 Å². The Labute approximate surface area is 312 Å². The van der Waals surface area contributed by atoms with Gasteiger partial charge in [-0.05, 0) is 92.2 Å². The fourth-order valence-corrected chi connectivity index (χ4v) is 7.08. The van der Waals surface area contributed by atoms with E-state index in [1.54, 1.807) is 8.45 Å². The lowest BCUT2D eigenvalue weighted by molar-refractivity contribution is -0.521. The molecule has 0 amide bonds. The molecule has 3 aromatic heterocycles. The van der Waals surface area contributed by atoms with E-state index in [2.05, 4.69) is 114 Å². The quantitative estimate of drug-likeness (QED) is 0.0584. The van der Waals surface area contributed by atoms with Crippen molar-refractivity contribution in [2.75, 3.05) is 11.9 Å². The minimum Gasteiger partial charge on any atom is -0.331 e. The summed E-state index contributed by atoms with van der Waals surface area (Å²) in [6.45, 7) is 5.10. The Kier molecular flexibility index (Phi) is 8.91. The molecule has 4 radical (unpaired) electrons. The van der Waals surface area contributed by atoms with Crippen LogP contribution >= 0.6 is 12.8 Å². The Morgan fingerprint density at radius 3 is 1.77 bits per heavy atom. The second kappa shape index (κ2) is 14.0. The molecule has 0 unspecified atom stereocenters. The number of rotatable bonds is 8. The van der Waals surface area contributed by atoms with Crippen LogP contribution in [0.5, 0.6) is 0 Å². The maximum absolute atomic E-state index is 6.23. The van der Waals surface area contributed by atoms with Crippen molar-refractivity contribution in [1.82, 2.24) is 4.98 Å². The number of anilines is 2. The van der Waals surface area contributed by atoms with Gasteiger partial charge in [0.2, 0.25) is 5.69 Å². The van der Waals surface area contributed by atoms with E-state index in [1.165, 1.54) is 0 Å². The Bertz CT molecular complexity index is 2580. The zero-order valence-electron chi connectivity index (χ0n) is 28.8. The fraction of sp³-hybridized carbons (Fsp3) is 0.0455. The van der Waals surface area contributed by atoms with E-state index < -0.39 is 0 Å². The van der Waals surface area contributed by atoms with Crippen molar-refractivity contribution in [2.45, 2.75) is 6.54 Å². The van der Waals surface area contributed by atoms with Crippen molar-refractivity contribution in [2.24, 2.45) is 0 Å². The van der Waals surface area contributed by atoms with Crippen LogP contribution in [0.25, 0.3) is 54.9 Å². The first kappa shape index (κ1) is 33.2. The first-order valence-corrected chi connectivity index (χ1v) is 17.4. The molecule has 0 spiro atoms. The zero-order valence-corrected chi connectivity index (χ0v) is 29.7. The van der Waals surface area contributed by atoms with Gasteiger partial charge in [0, 0.05) is 54.3 Å². The topological polar surface area (TPSA) is 26.9 Å². The smallest absolute Gasteiger partial charge is 0.331 e. The third-order valence-corrected chi connectivity index (χ3v) is 9.83. The molecule has 0 N–H and O–H groups in total. The van der Waals surface area contributed by atoms with Crippen LogP contribution in [0.4, 0.5) is 17.1 Å². The molecular formula is C44H34B2N5S+3. The molecule has 8 rings (SSSR count). The number of aromatic nitrogens is 3. The lowest BCUT2D eigenvalue weighted by Crippen LogP contribution is -2.29. The number of fused-ring (bicyclic) bond motifs is 3. The molecule has 8 aromatic rings. The minimum atomic E-state index is 0.617. The predicted molar refractivity (Wildman–Crippen MR) is 219 cm³/mol. The highest BCUT2D eigenvalue weighted by atomic mass is 32.1. The second-order valence-electron chi connectivity index (χ2n) is 13.0. The zero-order chi connectivity index (χ0) is 35.8. The van der Waals surface area contributed by atoms with Crippen molar-refractivity contribution >= 4 is 79.4 Å². The van der Waals surface area contributed by atoms with Crippen LogP contribution in [-0.4, -0.2) is 39.2 Å².